The van der Waals surface area contributed by atoms with Crippen LogP contribution in [0.5, 0.6) is 0 Å². The number of nitrogens with one attached hydrogen (secondary N) is 1. The highest BCUT2D eigenvalue weighted by atomic mass is 16.6. The SMILES string of the molecule is COC(=O)/C=C/c1nccc(NC(=O)OC(C)(C)C)n1. The molecule has 0 aliphatic heterocycles. The van der Waals surface area contributed by atoms with Crippen LogP contribution in [0.1, 0.15) is 26.6 Å². The van der Waals surface area contributed by atoms with Gasteiger partial charge in [-0.2, -0.15) is 0 Å². The minimum absolute atomic E-state index is 0.268. The van der Waals surface area contributed by atoms with Gasteiger partial charge in [0.15, 0.2) is 5.82 Å². The fraction of sp³-hybridized carbons (Fsp3) is 0.385. The standard InChI is InChI=1S/C13H17N3O4/c1-13(2,3)20-12(18)16-10-7-8-14-9(15-10)5-6-11(17)19-4/h5-8H,1-4H3,(H,14,15,16,18)/b6-5+. The maximum Gasteiger partial charge on any atom is 0.413 e. The molecular formula is C13H17N3O4. The third-order valence-electron chi connectivity index (χ3n) is 1.87. The largest absolute Gasteiger partial charge is 0.466 e. The monoisotopic (exact) mass is 279 g/mol. The van der Waals surface area contributed by atoms with Gasteiger partial charge in [0.05, 0.1) is 7.11 Å². The van der Waals surface area contributed by atoms with Crippen LogP contribution in [0.3, 0.4) is 0 Å². The molecule has 1 aromatic rings. The summed E-state index contributed by atoms with van der Waals surface area (Å²) in [5.74, 6) is 0.0295. The number of hydrogen-bond donors (Lipinski definition) is 1. The van der Waals surface area contributed by atoms with Crippen molar-refractivity contribution in [1.82, 2.24) is 9.97 Å². The highest BCUT2D eigenvalue weighted by Gasteiger charge is 2.16. The number of rotatable bonds is 3. The molecule has 1 amide bonds. The third kappa shape index (κ3) is 5.94. The minimum Gasteiger partial charge on any atom is -0.466 e. The molecule has 7 nitrogen and oxygen atoms in total. The number of esters is 1. The average Bonchev–Trinajstić information content (AvgIpc) is 2.34. The van der Waals surface area contributed by atoms with E-state index in [0.717, 1.165) is 0 Å². The van der Waals surface area contributed by atoms with Gasteiger partial charge in [-0.3, -0.25) is 5.32 Å². The molecular weight excluding hydrogens is 262 g/mol. The van der Waals surface area contributed by atoms with E-state index in [1.807, 2.05) is 0 Å². The normalized spacial score (nSPS) is 11.2. The fourth-order valence-corrected chi connectivity index (χ4v) is 1.14. The molecule has 20 heavy (non-hydrogen) atoms. The molecule has 0 unspecified atom stereocenters. The van der Waals surface area contributed by atoms with Gasteiger partial charge in [0.1, 0.15) is 11.4 Å². The van der Waals surface area contributed by atoms with Crippen LogP contribution in [0.4, 0.5) is 10.6 Å². The van der Waals surface area contributed by atoms with Gasteiger partial charge in [0, 0.05) is 12.3 Å². The van der Waals surface area contributed by atoms with Crippen LogP contribution in [-0.2, 0) is 14.3 Å². The third-order valence-corrected chi connectivity index (χ3v) is 1.87. The van der Waals surface area contributed by atoms with E-state index in [1.54, 1.807) is 20.8 Å². The van der Waals surface area contributed by atoms with E-state index in [4.69, 9.17) is 4.74 Å². The predicted molar refractivity (Wildman–Crippen MR) is 72.9 cm³/mol. The Labute approximate surface area is 117 Å². The summed E-state index contributed by atoms with van der Waals surface area (Å²) in [6, 6.07) is 1.51. The van der Waals surface area contributed by atoms with Crippen molar-refractivity contribution in [3.8, 4) is 0 Å². The Balaban J connectivity index is 2.71. The summed E-state index contributed by atoms with van der Waals surface area (Å²) in [6.45, 7) is 5.28. The van der Waals surface area contributed by atoms with Gasteiger partial charge in [0.2, 0.25) is 0 Å². The molecule has 1 N–H and O–H groups in total. The second-order valence-electron chi connectivity index (χ2n) is 4.78. The van der Waals surface area contributed by atoms with Crippen LogP contribution < -0.4 is 5.32 Å². The lowest BCUT2D eigenvalue weighted by Crippen LogP contribution is -2.27. The zero-order valence-corrected chi connectivity index (χ0v) is 11.8. The van der Waals surface area contributed by atoms with Gasteiger partial charge < -0.3 is 9.47 Å². The van der Waals surface area contributed by atoms with Gasteiger partial charge in [0.25, 0.3) is 0 Å². The predicted octanol–water partition coefficient (Wildman–Crippen LogP) is 2.01. The first kappa shape index (κ1) is 15.6. The maximum atomic E-state index is 11.6. The number of nitrogens with zero attached hydrogens (tertiary/aromatic N) is 2. The topological polar surface area (TPSA) is 90.4 Å². The van der Waals surface area contributed by atoms with Crippen molar-refractivity contribution in [1.29, 1.82) is 0 Å². The second kappa shape index (κ2) is 6.65. The molecule has 0 radical (unpaired) electrons. The lowest BCUT2D eigenvalue weighted by Gasteiger charge is -2.19. The Morgan fingerprint density at radius 2 is 2.05 bits per heavy atom. The van der Waals surface area contributed by atoms with Crippen molar-refractivity contribution < 1.29 is 19.1 Å². The van der Waals surface area contributed by atoms with E-state index in [1.165, 1.54) is 31.5 Å². The molecule has 0 aliphatic rings. The summed E-state index contributed by atoms with van der Waals surface area (Å²) in [5.41, 5.74) is -0.593. The van der Waals surface area contributed by atoms with E-state index in [2.05, 4.69) is 20.0 Å². The highest BCUT2D eigenvalue weighted by Crippen LogP contribution is 2.10. The molecule has 1 aromatic heterocycles. The van der Waals surface area contributed by atoms with Crippen molar-refractivity contribution in [3.05, 3.63) is 24.2 Å². The quantitative estimate of drug-likeness (QED) is 0.672. The summed E-state index contributed by atoms with van der Waals surface area (Å²) in [5, 5.41) is 2.48. The van der Waals surface area contributed by atoms with E-state index in [0.29, 0.717) is 0 Å². The van der Waals surface area contributed by atoms with Crippen molar-refractivity contribution >= 4 is 24.0 Å². The van der Waals surface area contributed by atoms with Crippen LogP contribution in [-0.4, -0.2) is 34.7 Å². The van der Waals surface area contributed by atoms with Crippen LogP contribution >= 0.6 is 0 Å². The summed E-state index contributed by atoms with van der Waals surface area (Å²) < 4.78 is 9.55. The Kier molecular flexibility index (Phi) is 5.19. The second-order valence-corrected chi connectivity index (χ2v) is 4.78. The fourth-order valence-electron chi connectivity index (χ4n) is 1.14. The van der Waals surface area contributed by atoms with Crippen LogP contribution in [0.25, 0.3) is 6.08 Å². The molecule has 0 fully saturated rings. The van der Waals surface area contributed by atoms with E-state index in [-0.39, 0.29) is 11.6 Å². The maximum absolute atomic E-state index is 11.6. The first-order valence-corrected chi connectivity index (χ1v) is 5.89. The molecule has 7 heteroatoms. The summed E-state index contributed by atoms with van der Waals surface area (Å²) in [4.78, 5) is 30.5. The van der Waals surface area contributed by atoms with Crippen LogP contribution in [0.2, 0.25) is 0 Å². The Morgan fingerprint density at radius 1 is 1.35 bits per heavy atom. The van der Waals surface area contributed by atoms with E-state index in [9.17, 15) is 9.59 Å². The first-order chi connectivity index (χ1) is 9.30. The molecule has 0 saturated carbocycles. The van der Waals surface area contributed by atoms with Crippen molar-refractivity contribution in [2.24, 2.45) is 0 Å². The number of amides is 1. The Bertz CT molecular complexity index is 521. The molecule has 0 atom stereocenters. The molecule has 0 aliphatic carbocycles. The molecule has 0 saturated heterocycles. The smallest absolute Gasteiger partial charge is 0.413 e. The van der Waals surface area contributed by atoms with Crippen molar-refractivity contribution in [2.45, 2.75) is 26.4 Å². The minimum atomic E-state index is -0.612. The molecule has 1 rings (SSSR count). The number of ether oxygens (including phenoxy) is 2. The van der Waals surface area contributed by atoms with Gasteiger partial charge in [-0.25, -0.2) is 19.6 Å². The number of anilines is 1. The lowest BCUT2D eigenvalue weighted by molar-refractivity contribution is -0.134. The van der Waals surface area contributed by atoms with Crippen LogP contribution in [0, 0.1) is 0 Å². The zero-order chi connectivity index (χ0) is 15.2. The Hall–Kier alpha value is -2.44. The number of aromatic nitrogens is 2. The van der Waals surface area contributed by atoms with Gasteiger partial charge in [-0.1, -0.05) is 0 Å². The highest BCUT2D eigenvalue weighted by molar-refractivity contribution is 5.86. The van der Waals surface area contributed by atoms with Crippen molar-refractivity contribution in [2.75, 3.05) is 12.4 Å². The van der Waals surface area contributed by atoms with Gasteiger partial charge in [-0.15, -0.1) is 0 Å². The zero-order valence-electron chi connectivity index (χ0n) is 11.8. The van der Waals surface area contributed by atoms with Gasteiger partial charge >= 0.3 is 12.1 Å². The molecule has 108 valence electrons. The van der Waals surface area contributed by atoms with E-state index >= 15 is 0 Å². The number of carbonyl (C=O) groups excluding carboxylic acids is 2. The Morgan fingerprint density at radius 3 is 2.65 bits per heavy atom. The molecule has 0 spiro atoms. The first-order valence-electron chi connectivity index (χ1n) is 5.89. The molecule has 0 bridgehead atoms. The average molecular weight is 279 g/mol. The summed E-state index contributed by atoms with van der Waals surface area (Å²) in [6.07, 6.45) is 3.41. The van der Waals surface area contributed by atoms with Crippen LogP contribution in [0.15, 0.2) is 18.3 Å². The number of carbonyl (C=O) groups is 2. The van der Waals surface area contributed by atoms with E-state index < -0.39 is 17.7 Å². The number of methoxy groups -OCH3 is 1. The lowest BCUT2D eigenvalue weighted by atomic mass is 10.2. The number of hydrogen-bond acceptors (Lipinski definition) is 6. The van der Waals surface area contributed by atoms with Crippen molar-refractivity contribution in [3.63, 3.8) is 0 Å². The summed E-state index contributed by atoms with van der Waals surface area (Å²) >= 11 is 0. The van der Waals surface area contributed by atoms with Gasteiger partial charge in [-0.05, 0) is 32.9 Å². The summed E-state index contributed by atoms with van der Waals surface area (Å²) in [7, 11) is 1.27. The molecule has 1 heterocycles. The molecule has 0 aromatic carbocycles.